The summed E-state index contributed by atoms with van der Waals surface area (Å²) in [4.78, 5) is 23.1. The van der Waals surface area contributed by atoms with Crippen LogP contribution in [-0.2, 0) is 28.9 Å². The summed E-state index contributed by atoms with van der Waals surface area (Å²) in [5.74, 6) is 0. The fraction of sp³-hybridized carbons (Fsp3) is 0.692. The van der Waals surface area contributed by atoms with Gasteiger partial charge >= 0.3 is 5.69 Å². The maximum absolute atomic E-state index is 12.3. The number of hydrogen-bond donors (Lipinski definition) is 2. The summed E-state index contributed by atoms with van der Waals surface area (Å²) >= 11 is 0. The molecular formula is C13H21N3O6S. The lowest BCUT2D eigenvalue weighted by molar-refractivity contribution is -0.0667. The van der Waals surface area contributed by atoms with Gasteiger partial charge in [0.25, 0.3) is 5.56 Å². The molecule has 23 heavy (non-hydrogen) atoms. The summed E-state index contributed by atoms with van der Waals surface area (Å²) in [7, 11) is -1.48. The summed E-state index contributed by atoms with van der Waals surface area (Å²) < 4.78 is 33.8. The third-order valence-electron chi connectivity index (χ3n) is 4.01. The van der Waals surface area contributed by atoms with Gasteiger partial charge in [-0.2, -0.15) is 0 Å². The minimum Gasteiger partial charge on any atom is -0.390 e. The zero-order chi connectivity index (χ0) is 17.3. The van der Waals surface area contributed by atoms with Crippen LogP contribution in [0.1, 0.15) is 19.3 Å². The van der Waals surface area contributed by atoms with E-state index in [1.54, 1.807) is 0 Å². The molecule has 1 fully saturated rings. The van der Waals surface area contributed by atoms with Gasteiger partial charge in [0.2, 0.25) is 10.0 Å². The molecule has 1 aromatic heterocycles. The number of rotatable bonds is 5. The molecular weight excluding hydrogens is 326 g/mol. The number of sulfonamides is 1. The van der Waals surface area contributed by atoms with E-state index in [4.69, 9.17) is 4.74 Å². The van der Waals surface area contributed by atoms with Crippen LogP contribution in [0.2, 0.25) is 0 Å². The molecule has 1 saturated heterocycles. The van der Waals surface area contributed by atoms with Crippen LogP contribution in [0.5, 0.6) is 0 Å². The van der Waals surface area contributed by atoms with E-state index >= 15 is 0 Å². The number of ether oxygens (including phenoxy) is 1. The average Bonchev–Trinajstić information content (AvgIpc) is 2.49. The van der Waals surface area contributed by atoms with Crippen LogP contribution in [0.3, 0.4) is 0 Å². The van der Waals surface area contributed by atoms with Crippen molar-refractivity contribution in [1.82, 2.24) is 13.9 Å². The number of nitrogens with zero attached hydrogens (tertiary/aromatic N) is 2. The zero-order valence-electron chi connectivity index (χ0n) is 13.1. The molecule has 9 nitrogen and oxygen atoms in total. The second kappa shape index (κ2) is 6.56. The number of aryl methyl sites for hydroxylation is 1. The van der Waals surface area contributed by atoms with E-state index in [1.807, 2.05) is 0 Å². The summed E-state index contributed by atoms with van der Waals surface area (Å²) in [5, 5.41) is 10.3. The Bertz CT molecular complexity index is 789. The first-order chi connectivity index (χ1) is 10.7. The summed E-state index contributed by atoms with van der Waals surface area (Å²) in [5.41, 5.74) is -2.45. The topological polar surface area (TPSA) is 120 Å². The SMILES string of the molecule is Cn1cc(S(=O)(=O)NCCC2(O)CCOCC2)c(=O)n(C)c1=O. The highest BCUT2D eigenvalue weighted by Crippen LogP contribution is 2.23. The fourth-order valence-corrected chi connectivity index (χ4v) is 3.65. The lowest BCUT2D eigenvalue weighted by Crippen LogP contribution is -2.43. The lowest BCUT2D eigenvalue weighted by Gasteiger charge is -2.31. The Morgan fingerprint density at radius 1 is 1.30 bits per heavy atom. The molecule has 1 aliphatic rings. The van der Waals surface area contributed by atoms with Crippen molar-refractivity contribution in [2.45, 2.75) is 29.8 Å². The average molecular weight is 347 g/mol. The maximum Gasteiger partial charge on any atom is 0.330 e. The van der Waals surface area contributed by atoms with Gasteiger partial charge in [-0.05, 0) is 19.3 Å². The van der Waals surface area contributed by atoms with Gasteiger partial charge < -0.3 is 14.4 Å². The molecule has 0 aliphatic carbocycles. The second-order valence-electron chi connectivity index (χ2n) is 5.74. The molecule has 0 unspecified atom stereocenters. The Labute approximate surface area is 133 Å². The van der Waals surface area contributed by atoms with Crippen LogP contribution < -0.4 is 16.0 Å². The molecule has 0 saturated carbocycles. The first-order valence-corrected chi connectivity index (χ1v) is 8.71. The number of nitrogens with one attached hydrogen (secondary N) is 1. The molecule has 2 N–H and O–H groups in total. The smallest absolute Gasteiger partial charge is 0.330 e. The molecule has 0 radical (unpaired) electrons. The summed E-state index contributed by atoms with van der Waals surface area (Å²) in [6.07, 6.45) is 2.10. The van der Waals surface area contributed by atoms with Gasteiger partial charge in [0.15, 0.2) is 4.90 Å². The van der Waals surface area contributed by atoms with E-state index in [1.165, 1.54) is 14.1 Å². The van der Waals surface area contributed by atoms with Crippen LogP contribution in [0, 0.1) is 0 Å². The highest BCUT2D eigenvalue weighted by molar-refractivity contribution is 7.89. The van der Waals surface area contributed by atoms with Crippen molar-refractivity contribution in [2.75, 3.05) is 19.8 Å². The van der Waals surface area contributed by atoms with Crippen molar-refractivity contribution >= 4 is 10.0 Å². The maximum atomic E-state index is 12.3. The molecule has 1 aliphatic heterocycles. The fourth-order valence-electron chi connectivity index (χ4n) is 2.46. The Morgan fingerprint density at radius 2 is 1.91 bits per heavy atom. The van der Waals surface area contributed by atoms with E-state index in [-0.39, 0.29) is 13.0 Å². The van der Waals surface area contributed by atoms with E-state index in [0.717, 1.165) is 15.3 Å². The molecule has 1 aromatic rings. The number of hydrogen-bond acceptors (Lipinski definition) is 6. The van der Waals surface area contributed by atoms with E-state index < -0.39 is 31.8 Å². The monoisotopic (exact) mass is 347 g/mol. The Balaban J connectivity index is 2.14. The van der Waals surface area contributed by atoms with Crippen molar-refractivity contribution in [3.8, 4) is 0 Å². The van der Waals surface area contributed by atoms with Gasteiger partial charge in [-0.1, -0.05) is 0 Å². The molecule has 130 valence electrons. The number of aliphatic hydroxyl groups is 1. The zero-order valence-corrected chi connectivity index (χ0v) is 13.9. The third-order valence-corrected chi connectivity index (χ3v) is 5.45. The highest BCUT2D eigenvalue weighted by Gasteiger charge is 2.30. The quantitative estimate of drug-likeness (QED) is 0.655. The minimum atomic E-state index is -4.07. The molecule has 0 aromatic carbocycles. The molecule has 10 heteroatoms. The second-order valence-corrected chi connectivity index (χ2v) is 7.47. The van der Waals surface area contributed by atoms with E-state index in [0.29, 0.717) is 26.1 Å². The summed E-state index contributed by atoms with van der Waals surface area (Å²) in [6.45, 7) is 0.861. The van der Waals surface area contributed by atoms with Crippen LogP contribution in [0.4, 0.5) is 0 Å². The molecule has 0 amide bonds. The van der Waals surface area contributed by atoms with Crippen LogP contribution in [0.15, 0.2) is 20.7 Å². The van der Waals surface area contributed by atoms with Crippen LogP contribution in [-0.4, -0.2) is 48.0 Å². The van der Waals surface area contributed by atoms with Gasteiger partial charge in [0, 0.05) is 40.1 Å². The van der Waals surface area contributed by atoms with Crippen LogP contribution >= 0.6 is 0 Å². The predicted molar refractivity (Wildman–Crippen MR) is 81.7 cm³/mol. The largest absolute Gasteiger partial charge is 0.390 e. The third kappa shape index (κ3) is 3.89. The molecule has 0 spiro atoms. The van der Waals surface area contributed by atoms with E-state index in [2.05, 4.69) is 4.72 Å². The minimum absolute atomic E-state index is 0.00910. The first-order valence-electron chi connectivity index (χ1n) is 7.23. The van der Waals surface area contributed by atoms with Crippen molar-refractivity contribution < 1.29 is 18.3 Å². The molecule has 2 heterocycles. The summed E-state index contributed by atoms with van der Waals surface area (Å²) in [6, 6.07) is 0. The van der Waals surface area contributed by atoms with Crippen molar-refractivity contribution in [3.05, 3.63) is 27.0 Å². The van der Waals surface area contributed by atoms with Gasteiger partial charge in [-0.15, -0.1) is 0 Å². The highest BCUT2D eigenvalue weighted by atomic mass is 32.2. The lowest BCUT2D eigenvalue weighted by atomic mass is 9.91. The van der Waals surface area contributed by atoms with Gasteiger partial charge in [0.05, 0.1) is 5.60 Å². The van der Waals surface area contributed by atoms with Gasteiger partial charge in [-0.3, -0.25) is 9.36 Å². The first kappa shape index (κ1) is 17.9. The Morgan fingerprint density at radius 3 is 2.52 bits per heavy atom. The standard InChI is InChI=1S/C13H21N3O6S/c1-15-9-10(11(17)16(2)12(15)18)23(20,21)14-6-3-13(19)4-7-22-8-5-13/h9,14,19H,3-8H2,1-2H3. The molecule has 0 atom stereocenters. The van der Waals surface area contributed by atoms with Crippen molar-refractivity contribution in [2.24, 2.45) is 14.1 Å². The van der Waals surface area contributed by atoms with Crippen molar-refractivity contribution in [3.63, 3.8) is 0 Å². The predicted octanol–water partition coefficient (Wildman–Crippen LogP) is -1.71. The normalized spacial score (nSPS) is 18.0. The Hall–Kier alpha value is -1.49. The van der Waals surface area contributed by atoms with E-state index in [9.17, 15) is 23.1 Å². The molecule has 2 rings (SSSR count). The van der Waals surface area contributed by atoms with Gasteiger partial charge in [0.1, 0.15) is 0 Å². The van der Waals surface area contributed by atoms with Crippen molar-refractivity contribution in [1.29, 1.82) is 0 Å². The van der Waals surface area contributed by atoms with Crippen LogP contribution in [0.25, 0.3) is 0 Å². The molecule has 0 bridgehead atoms. The Kier molecular flexibility index (Phi) is 5.09. The van der Waals surface area contributed by atoms with Gasteiger partial charge in [-0.25, -0.2) is 17.9 Å². The number of aromatic nitrogens is 2.